The molecule has 0 radical (unpaired) electrons. The van der Waals surface area contributed by atoms with E-state index in [1.54, 1.807) is 0 Å². The van der Waals surface area contributed by atoms with Gasteiger partial charge in [-0.3, -0.25) is 9.69 Å². The molecule has 7 nitrogen and oxygen atoms in total. The summed E-state index contributed by atoms with van der Waals surface area (Å²) in [6, 6.07) is 9.59. The highest BCUT2D eigenvalue weighted by Crippen LogP contribution is 2.30. The van der Waals surface area contributed by atoms with Crippen LogP contribution in [0.15, 0.2) is 30.3 Å². The van der Waals surface area contributed by atoms with E-state index in [0.717, 1.165) is 36.3 Å². The molecule has 1 saturated heterocycles. The van der Waals surface area contributed by atoms with Gasteiger partial charge in [0.2, 0.25) is 0 Å². The van der Waals surface area contributed by atoms with Gasteiger partial charge in [-0.1, -0.05) is 30.3 Å². The number of amides is 1. The SMILES string of the molecule is CC(=O)C(Cc1ccccc1)(N1CCCC1)N(NCCCCN)C(=O)O. The number of nitrogens with two attached hydrogens (primary N) is 1. The molecule has 1 aromatic rings. The molecule has 1 unspecified atom stereocenters. The molecule has 1 atom stereocenters. The van der Waals surface area contributed by atoms with E-state index in [2.05, 4.69) is 5.43 Å². The molecule has 7 heteroatoms. The topological polar surface area (TPSA) is 98.9 Å². The van der Waals surface area contributed by atoms with Crippen LogP contribution >= 0.6 is 0 Å². The van der Waals surface area contributed by atoms with Crippen molar-refractivity contribution in [1.82, 2.24) is 15.3 Å². The number of carboxylic acid groups (broad SMARTS) is 1. The second kappa shape index (κ2) is 9.66. The molecule has 1 aliphatic heterocycles. The third-order valence-corrected chi connectivity index (χ3v) is 4.95. The highest BCUT2D eigenvalue weighted by atomic mass is 16.4. The standard InChI is InChI=1S/C19H30N4O3/c1-16(24)19(22-13-7-8-14-22,15-17-9-3-2-4-10-17)23(18(25)26)21-12-6-5-11-20/h2-4,9-10,21H,5-8,11-15,20H2,1H3,(H,25,26). The number of benzene rings is 1. The molecular weight excluding hydrogens is 332 g/mol. The maximum absolute atomic E-state index is 12.9. The van der Waals surface area contributed by atoms with Crippen LogP contribution in [0.25, 0.3) is 0 Å². The van der Waals surface area contributed by atoms with Crippen molar-refractivity contribution in [2.45, 2.75) is 44.7 Å². The van der Waals surface area contributed by atoms with Crippen LogP contribution in [0, 0.1) is 0 Å². The summed E-state index contributed by atoms with van der Waals surface area (Å²) in [5.41, 5.74) is 8.20. The van der Waals surface area contributed by atoms with Gasteiger partial charge in [-0.05, 0) is 44.7 Å². The quantitative estimate of drug-likeness (QED) is 0.434. The molecule has 144 valence electrons. The van der Waals surface area contributed by atoms with Gasteiger partial charge >= 0.3 is 6.09 Å². The van der Waals surface area contributed by atoms with Crippen LogP contribution in [0.3, 0.4) is 0 Å². The molecule has 2 rings (SSSR count). The van der Waals surface area contributed by atoms with Crippen molar-refractivity contribution in [3.8, 4) is 0 Å². The lowest BCUT2D eigenvalue weighted by atomic mass is 9.93. The molecule has 1 amide bonds. The molecule has 26 heavy (non-hydrogen) atoms. The number of carbonyl (C=O) groups is 2. The first-order chi connectivity index (χ1) is 12.5. The fourth-order valence-electron chi connectivity index (χ4n) is 3.62. The van der Waals surface area contributed by atoms with Crippen LogP contribution < -0.4 is 11.2 Å². The van der Waals surface area contributed by atoms with Gasteiger partial charge < -0.3 is 10.8 Å². The number of nitrogens with one attached hydrogen (secondary N) is 1. The van der Waals surface area contributed by atoms with Crippen molar-refractivity contribution in [3.05, 3.63) is 35.9 Å². The summed E-state index contributed by atoms with van der Waals surface area (Å²) in [5.74, 6) is -0.169. The Kier molecular flexibility index (Phi) is 7.56. The first-order valence-electron chi connectivity index (χ1n) is 9.29. The number of hydrazine groups is 1. The number of unbranched alkanes of at least 4 members (excludes halogenated alkanes) is 1. The third-order valence-electron chi connectivity index (χ3n) is 4.95. The van der Waals surface area contributed by atoms with Crippen molar-refractivity contribution in [3.63, 3.8) is 0 Å². The normalized spacial score (nSPS) is 17.0. The summed E-state index contributed by atoms with van der Waals surface area (Å²) < 4.78 is 0. The largest absolute Gasteiger partial charge is 0.464 e. The number of ketones is 1. The second-order valence-corrected chi connectivity index (χ2v) is 6.75. The van der Waals surface area contributed by atoms with Gasteiger partial charge in [0.05, 0.1) is 0 Å². The number of likely N-dealkylation sites (tertiary alicyclic amines) is 1. The number of hydrogen-bond donors (Lipinski definition) is 3. The molecule has 0 aromatic heterocycles. The minimum atomic E-state index is -1.24. The van der Waals surface area contributed by atoms with E-state index in [-0.39, 0.29) is 5.78 Å². The maximum Gasteiger partial charge on any atom is 0.423 e. The molecule has 0 spiro atoms. The number of rotatable bonds is 10. The lowest BCUT2D eigenvalue weighted by Gasteiger charge is -2.46. The predicted molar refractivity (Wildman–Crippen MR) is 101 cm³/mol. The van der Waals surface area contributed by atoms with E-state index in [4.69, 9.17) is 5.73 Å². The molecule has 0 saturated carbocycles. The van der Waals surface area contributed by atoms with Gasteiger partial charge in [-0.25, -0.2) is 15.2 Å². The monoisotopic (exact) mass is 362 g/mol. The summed E-state index contributed by atoms with van der Waals surface area (Å²) in [5, 5.41) is 11.0. The Morgan fingerprint density at radius 1 is 1.23 bits per heavy atom. The van der Waals surface area contributed by atoms with Crippen molar-refractivity contribution in [1.29, 1.82) is 0 Å². The number of nitrogens with zero attached hydrogens (tertiary/aromatic N) is 2. The highest BCUT2D eigenvalue weighted by Gasteiger charge is 2.50. The minimum absolute atomic E-state index is 0.169. The zero-order chi connectivity index (χ0) is 19.0. The summed E-state index contributed by atoms with van der Waals surface area (Å²) >= 11 is 0. The predicted octanol–water partition coefficient (Wildman–Crippen LogP) is 1.83. The van der Waals surface area contributed by atoms with Crippen LogP contribution in [0.2, 0.25) is 0 Å². The molecule has 1 aromatic carbocycles. The lowest BCUT2D eigenvalue weighted by Crippen LogP contribution is -2.70. The van der Waals surface area contributed by atoms with E-state index >= 15 is 0 Å². The average molecular weight is 362 g/mol. The van der Waals surface area contributed by atoms with Crippen LogP contribution in [0.4, 0.5) is 4.79 Å². The Balaban J connectivity index is 2.37. The van der Waals surface area contributed by atoms with Crippen LogP contribution in [-0.2, 0) is 11.2 Å². The van der Waals surface area contributed by atoms with Crippen molar-refractivity contribution < 1.29 is 14.7 Å². The van der Waals surface area contributed by atoms with Gasteiger partial charge in [0.15, 0.2) is 11.4 Å². The average Bonchev–Trinajstić information content (AvgIpc) is 3.15. The van der Waals surface area contributed by atoms with E-state index < -0.39 is 11.8 Å². The van der Waals surface area contributed by atoms with E-state index in [9.17, 15) is 14.7 Å². The lowest BCUT2D eigenvalue weighted by molar-refractivity contribution is -0.145. The first kappa shape index (κ1) is 20.4. The Labute approximate surface area is 155 Å². The smallest absolute Gasteiger partial charge is 0.423 e. The second-order valence-electron chi connectivity index (χ2n) is 6.75. The van der Waals surface area contributed by atoms with Crippen molar-refractivity contribution in [2.24, 2.45) is 5.73 Å². The first-order valence-corrected chi connectivity index (χ1v) is 9.29. The number of hydrogen-bond acceptors (Lipinski definition) is 5. The van der Waals surface area contributed by atoms with Gasteiger partial charge in [0.1, 0.15) is 0 Å². The highest BCUT2D eigenvalue weighted by molar-refractivity contribution is 5.89. The zero-order valence-corrected chi connectivity index (χ0v) is 15.5. The van der Waals surface area contributed by atoms with Crippen molar-refractivity contribution in [2.75, 3.05) is 26.2 Å². The maximum atomic E-state index is 12.9. The van der Waals surface area contributed by atoms with Crippen LogP contribution in [0.5, 0.6) is 0 Å². The molecule has 1 heterocycles. The van der Waals surface area contributed by atoms with E-state index in [1.807, 2.05) is 35.2 Å². The third kappa shape index (κ3) is 4.60. The Morgan fingerprint density at radius 3 is 2.42 bits per heavy atom. The van der Waals surface area contributed by atoms with E-state index in [1.165, 1.54) is 6.92 Å². The fraction of sp³-hybridized carbons (Fsp3) is 0.579. The van der Waals surface area contributed by atoms with Gasteiger partial charge in [-0.2, -0.15) is 0 Å². The Morgan fingerprint density at radius 2 is 1.88 bits per heavy atom. The fourth-order valence-corrected chi connectivity index (χ4v) is 3.62. The van der Waals surface area contributed by atoms with Crippen LogP contribution in [0.1, 0.15) is 38.2 Å². The molecule has 0 bridgehead atoms. The number of carbonyl (C=O) groups excluding carboxylic acids is 1. The molecular formula is C19H30N4O3. The van der Waals surface area contributed by atoms with Gasteiger partial charge in [0.25, 0.3) is 0 Å². The summed E-state index contributed by atoms with van der Waals surface area (Å²) in [7, 11) is 0. The Bertz CT molecular complexity index is 590. The summed E-state index contributed by atoms with van der Waals surface area (Å²) in [4.78, 5) is 27.0. The van der Waals surface area contributed by atoms with E-state index in [0.29, 0.717) is 32.6 Å². The van der Waals surface area contributed by atoms with Crippen molar-refractivity contribution >= 4 is 11.9 Å². The summed E-state index contributed by atoms with van der Waals surface area (Å²) in [6.45, 7) is 3.92. The van der Waals surface area contributed by atoms with Crippen LogP contribution in [-0.4, -0.2) is 58.7 Å². The Hall–Kier alpha value is -1.96. The van der Waals surface area contributed by atoms with Gasteiger partial charge in [-0.15, -0.1) is 0 Å². The summed E-state index contributed by atoms with van der Waals surface area (Å²) in [6.07, 6.45) is 2.65. The minimum Gasteiger partial charge on any atom is -0.464 e. The molecule has 0 aliphatic carbocycles. The van der Waals surface area contributed by atoms with Gasteiger partial charge in [0, 0.05) is 26.1 Å². The molecule has 1 fully saturated rings. The molecule has 1 aliphatic rings. The zero-order valence-electron chi connectivity index (χ0n) is 15.5. The number of Topliss-reactive ketones (excluding diaryl/α,β-unsaturated/α-hetero) is 1. The molecule has 4 N–H and O–H groups in total.